The molecule has 1 heterocycles. The van der Waals surface area contributed by atoms with Crippen LogP contribution < -0.4 is 5.73 Å². The van der Waals surface area contributed by atoms with Crippen LogP contribution in [0.25, 0.3) is 0 Å². The van der Waals surface area contributed by atoms with Gasteiger partial charge in [0.05, 0.1) is 5.92 Å². The smallest absolute Gasteiger partial charge is 0.230 e. The highest BCUT2D eigenvalue weighted by Crippen LogP contribution is 2.36. The second-order valence-electron chi connectivity index (χ2n) is 4.79. The first-order valence-electron chi connectivity index (χ1n) is 5.88. The summed E-state index contributed by atoms with van der Waals surface area (Å²) >= 11 is 0. The van der Waals surface area contributed by atoms with E-state index in [0.29, 0.717) is 0 Å². The van der Waals surface area contributed by atoms with Gasteiger partial charge in [-0.3, -0.25) is 4.79 Å². The molecule has 1 aliphatic carbocycles. The van der Waals surface area contributed by atoms with E-state index in [-0.39, 0.29) is 17.9 Å². The van der Waals surface area contributed by atoms with E-state index < -0.39 is 0 Å². The molecular formula is C13H16N2O. The summed E-state index contributed by atoms with van der Waals surface area (Å²) in [5.41, 5.74) is 8.36. The molecule has 2 N–H and O–H groups in total. The summed E-state index contributed by atoms with van der Waals surface area (Å²) < 4.78 is 0. The maximum Gasteiger partial charge on any atom is 0.230 e. The molecule has 1 aliphatic heterocycles. The number of amides is 1. The van der Waals surface area contributed by atoms with Crippen molar-refractivity contribution >= 4 is 5.91 Å². The number of carbonyl (C=O) groups excluding carboxylic acids is 1. The molecule has 3 rings (SSSR count). The van der Waals surface area contributed by atoms with E-state index in [2.05, 4.69) is 12.1 Å². The Balaban J connectivity index is 1.75. The quantitative estimate of drug-likeness (QED) is 0.757. The van der Waals surface area contributed by atoms with Crippen molar-refractivity contribution in [1.82, 2.24) is 4.90 Å². The van der Waals surface area contributed by atoms with Gasteiger partial charge in [-0.25, -0.2) is 0 Å². The highest BCUT2D eigenvalue weighted by Gasteiger charge is 2.36. The fourth-order valence-electron chi connectivity index (χ4n) is 2.69. The number of rotatable bonds is 1. The minimum Gasteiger partial charge on any atom is -0.341 e. The number of nitrogens with zero attached hydrogens (tertiary/aromatic N) is 1. The van der Waals surface area contributed by atoms with E-state index in [4.69, 9.17) is 5.73 Å². The second kappa shape index (κ2) is 3.59. The van der Waals surface area contributed by atoms with Crippen molar-refractivity contribution in [2.24, 2.45) is 5.73 Å². The summed E-state index contributed by atoms with van der Waals surface area (Å²) in [6, 6.07) is 8.39. The Morgan fingerprint density at radius 3 is 2.88 bits per heavy atom. The zero-order valence-corrected chi connectivity index (χ0v) is 9.23. The Hall–Kier alpha value is -1.35. The molecule has 0 bridgehead atoms. The fraction of sp³-hybridized carbons (Fsp3) is 0.462. The first-order chi connectivity index (χ1) is 7.75. The number of hydrogen-bond acceptors (Lipinski definition) is 2. The summed E-state index contributed by atoms with van der Waals surface area (Å²) in [7, 11) is 0. The number of likely N-dealkylation sites (tertiary alicyclic amines) is 1. The molecule has 2 atom stereocenters. The van der Waals surface area contributed by atoms with E-state index in [9.17, 15) is 4.79 Å². The van der Waals surface area contributed by atoms with Crippen molar-refractivity contribution in [1.29, 1.82) is 0 Å². The Bertz CT molecular complexity index is 430. The van der Waals surface area contributed by atoms with E-state index in [0.717, 1.165) is 25.9 Å². The van der Waals surface area contributed by atoms with Gasteiger partial charge in [0.15, 0.2) is 0 Å². The van der Waals surface area contributed by atoms with Crippen LogP contribution in [0, 0.1) is 0 Å². The van der Waals surface area contributed by atoms with E-state index >= 15 is 0 Å². The molecule has 3 nitrogen and oxygen atoms in total. The van der Waals surface area contributed by atoms with Gasteiger partial charge < -0.3 is 10.6 Å². The molecule has 0 spiro atoms. The zero-order chi connectivity index (χ0) is 11.1. The first-order valence-corrected chi connectivity index (χ1v) is 5.88. The molecule has 1 saturated heterocycles. The summed E-state index contributed by atoms with van der Waals surface area (Å²) in [5, 5.41) is 0. The average molecular weight is 216 g/mol. The normalized spacial score (nSPS) is 27.4. The highest BCUT2D eigenvalue weighted by atomic mass is 16.2. The van der Waals surface area contributed by atoms with E-state index in [1.54, 1.807) is 0 Å². The van der Waals surface area contributed by atoms with Gasteiger partial charge >= 0.3 is 0 Å². The summed E-state index contributed by atoms with van der Waals surface area (Å²) in [6.07, 6.45) is 1.85. The van der Waals surface area contributed by atoms with Crippen molar-refractivity contribution in [2.75, 3.05) is 13.1 Å². The van der Waals surface area contributed by atoms with Crippen LogP contribution in [-0.2, 0) is 11.2 Å². The van der Waals surface area contributed by atoms with Gasteiger partial charge in [-0.05, 0) is 24.0 Å². The lowest BCUT2D eigenvalue weighted by Gasteiger charge is -2.32. The largest absolute Gasteiger partial charge is 0.341 e. The van der Waals surface area contributed by atoms with Crippen LogP contribution in [0.5, 0.6) is 0 Å². The van der Waals surface area contributed by atoms with E-state index in [1.165, 1.54) is 11.1 Å². The number of benzene rings is 1. The van der Waals surface area contributed by atoms with Crippen molar-refractivity contribution in [3.8, 4) is 0 Å². The number of fused-ring (bicyclic) bond motifs is 1. The standard InChI is InChI=1S/C13H16N2O/c14-10-5-6-15(8-10)13(16)12-7-9-3-1-2-4-11(9)12/h1-4,10,12H,5-8,14H2/t10-,12?/m1/s1. The van der Waals surface area contributed by atoms with Crippen LogP contribution in [0.3, 0.4) is 0 Å². The van der Waals surface area contributed by atoms with Crippen LogP contribution in [0.4, 0.5) is 0 Å². The number of nitrogens with two attached hydrogens (primary N) is 1. The molecule has 2 aliphatic rings. The molecule has 0 saturated carbocycles. The molecule has 1 aromatic carbocycles. The molecular weight excluding hydrogens is 200 g/mol. The van der Waals surface area contributed by atoms with Crippen LogP contribution >= 0.6 is 0 Å². The van der Waals surface area contributed by atoms with Crippen LogP contribution in [0.15, 0.2) is 24.3 Å². The lowest BCUT2D eigenvalue weighted by Crippen LogP contribution is -2.39. The maximum atomic E-state index is 12.2. The molecule has 3 heteroatoms. The Morgan fingerprint density at radius 1 is 1.38 bits per heavy atom. The fourth-order valence-corrected chi connectivity index (χ4v) is 2.69. The third kappa shape index (κ3) is 1.43. The SMILES string of the molecule is N[C@@H]1CCN(C(=O)C2Cc3ccccc32)C1. The van der Waals surface area contributed by atoms with Gasteiger partial charge in [0.25, 0.3) is 0 Å². The Morgan fingerprint density at radius 2 is 2.19 bits per heavy atom. The van der Waals surface area contributed by atoms with Crippen LogP contribution in [0.1, 0.15) is 23.5 Å². The van der Waals surface area contributed by atoms with E-state index in [1.807, 2.05) is 17.0 Å². The average Bonchev–Trinajstić information content (AvgIpc) is 2.67. The highest BCUT2D eigenvalue weighted by molar-refractivity contribution is 5.87. The number of hydrogen-bond donors (Lipinski definition) is 1. The summed E-state index contributed by atoms with van der Waals surface area (Å²) in [5.74, 6) is 0.369. The minimum atomic E-state index is 0.0986. The maximum absolute atomic E-state index is 12.2. The van der Waals surface area contributed by atoms with Gasteiger partial charge in [-0.15, -0.1) is 0 Å². The number of carbonyl (C=O) groups is 1. The molecule has 84 valence electrons. The lowest BCUT2D eigenvalue weighted by molar-refractivity contribution is -0.132. The van der Waals surface area contributed by atoms with Crippen molar-refractivity contribution in [3.63, 3.8) is 0 Å². The predicted molar refractivity (Wildman–Crippen MR) is 62.1 cm³/mol. The van der Waals surface area contributed by atoms with Gasteiger partial charge in [-0.2, -0.15) is 0 Å². The molecule has 0 radical (unpaired) electrons. The molecule has 16 heavy (non-hydrogen) atoms. The van der Waals surface area contributed by atoms with Crippen molar-refractivity contribution in [3.05, 3.63) is 35.4 Å². The Labute approximate surface area is 95.2 Å². The summed E-state index contributed by atoms with van der Waals surface area (Å²) in [4.78, 5) is 14.1. The van der Waals surface area contributed by atoms with Crippen LogP contribution in [0.2, 0.25) is 0 Å². The lowest BCUT2D eigenvalue weighted by atomic mass is 9.77. The zero-order valence-electron chi connectivity index (χ0n) is 9.23. The first kappa shape index (κ1) is 9.85. The third-order valence-electron chi connectivity index (χ3n) is 3.69. The molecule has 1 unspecified atom stereocenters. The summed E-state index contributed by atoms with van der Waals surface area (Å²) in [6.45, 7) is 1.57. The van der Waals surface area contributed by atoms with Gasteiger partial charge in [-0.1, -0.05) is 24.3 Å². The minimum absolute atomic E-state index is 0.0986. The molecule has 1 fully saturated rings. The van der Waals surface area contributed by atoms with Gasteiger partial charge in [0.1, 0.15) is 0 Å². The topological polar surface area (TPSA) is 46.3 Å². The van der Waals surface area contributed by atoms with Crippen LogP contribution in [-0.4, -0.2) is 29.9 Å². The predicted octanol–water partition coefficient (Wildman–Crippen LogP) is 0.886. The van der Waals surface area contributed by atoms with Crippen molar-refractivity contribution in [2.45, 2.75) is 24.8 Å². The molecule has 0 aromatic heterocycles. The third-order valence-corrected chi connectivity index (χ3v) is 3.69. The second-order valence-corrected chi connectivity index (χ2v) is 4.79. The molecule has 1 amide bonds. The van der Waals surface area contributed by atoms with Crippen molar-refractivity contribution < 1.29 is 4.79 Å². The Kier molecular flexibility index (Phi) is 2.21. The van der Waals surface area contributed by atoms with Gasteiger partial charge in [0.2, 0.25) is 5.91 Å². The molecule has 1 aromatic rings. The monoisotopic (exact) mass is 216 g/mol. The van der Waals surface area contributed by atoms with Gasteiger partial charge in [0, 0.05) is 19.1 Å².